The lowest BCUT2D eigenvalue weighted by atomic mass is 9.96. The number of ether oxygens (including phenoxy) is 2. The van der Waals surface area contributed by atoms with Crippen LogP contribution in [0.5, 0.6) is 0 Å². The van der Waals surface area contributed by atoms with Crippen molar-refractivity contribution < 1.29 is 14.3 Å². The van der Waals surface area contributed by atoms with Crippen LogP contribution in [0.3, 0.4) is 0 Å². The molecule has 2 N–H and O–H groups in total. The molecule has 0 bridgehead atoms. The zero-order valence-electron chi connectivity index (χ0n) is 12.3. The zero-order valence-corrected chi connectivity index (χ0v) is 12.3. The Morgan fingerprint density at radius 3 is 2.95 bits per heavy atom. The fourth-order valence-electron chi connectivity index (χ4n) is 2.96. The summed E-state index contributed by atoms with van der Waals surface area (Å²) in [6, 6.07) is 7.94. The third-order valence-electron chi connectivity index (χ3n) is 4.21. The van der Waals surface area contributed by atoms with Crippen molar-refractivity contribution in [3.63, 3.8) is 0 Å². The van der Waals surface area contributed by atoms with Gasteiger partial charge in [0.15, 0.2) is 6.10 Å². The predicted octanol–water partition coefficient (Wildman–Crippen LogP) is 0.875. The molecule has 5 nitrogen and oxygen atoms in total. The molecule has 114 valence electrons. The summed E-state index contributed by atoms with van der Waals surface area (Å²) in [5.74, 6) is 0.0242. The van der Waals surface area contributed by atoms with Gasteiger partial charge in [-0.25, -0.2) is 0 Å². The van der Waals surface area contributed by atoms with Gasteiger partial charge in [-0.3, -0.25) is 4.79 Å². The average Bonchev–Trinajstić information content (AvgIpc) is 2.53. The number of hydrogen-bond acceptors (Lipinski definition) is 4. The minimum atomic E-state index is -0.484. The molecule has 1 fully saturated rings. The summed E-state index contributed by atoms with van der Waals surface area (Å²) in [7, 11) is 0. The van der Waals surface area contributed by atoms with Crippen molar-refractivity contribution in [2.24, 2.45) is 5.73 Å². The fraction of sp³-hybridized carbons (Fsp3) is 0.562. The third kappa shape index (κ3) is 2.95. The molecule has 1 aromatic rings. The molecule has 2 aliphatic rings. The Labute approximate surface area is 125 Å². The number of nitrogens with zero attached hydrogens (tertiary/aromatic N) is 1. The highest BCUT2D eigenvalue weighted by Crippen LogP contribution is 2.29. The van der Waals surface area contributed by atoms with Gasteiger partial charge in [-0.15, -0.1) is 0 Å². The van der Waals surface area contributed by atoms with E-state index in [1.807, 2.05) is 30.0 Å². The fourth-order valence-corrected chi connectivity index (χ4v) is 2.96. The van der Waals surface area contributed by atoms with Crippen LogP contribution in [0.4, 0.5) is 0 Å². The van der Waals surface area contributed by atoms with Crippen LogP contribution in [-0.2, 0) is 20.7 Å². The Kier molecular flexibility index (Phi) is 4.24. The largest absolute Gasteiger partial charge is 0.373 e. The van der Waals surface area contributed by atoms with Crippen molar-refractivity contribution in [2.75, 3.05) is 26.3 Å². The quantitative estimate of drug-likeness (QED) is 0.878. The first kappa shape index (κ1) is 14.5. The highest BCUT2D eigenvalue weighted by atomic mass is 16.5. The first-order valence-corrected chi connectivity index (χ1v) is 7.52. The molecule has 0 aromatic heterocycles. The Hall–Kier alpha value is -1.43. The van der Waals surface area contributed by atoms with Gasteiger partial charge in [-0.1, -0.05) is 24.3 Å². The van der Waals surface area contributed by atoms with Gasteiger partial charge in [0.1, 0.15) is 0 Å². The number of carbonyl (C=O) groups is 1. The van der Waals surface area contributed by atoms with Crippen molar-refractivity contribution in [2.45, 2.75) is 31.6 Å². The van der Waals surface area contributed by atoms with Crippen LogP contribution >= 0.6 is 0 Å². The molecule has 3 atom stereocenters. The second kappa shape index (κ2) is 6.13. The molecule has 0 aliphatic carbocycles. The summed E-state index contributed by atoms with van der Waals surface area (Å²) in [4.78, 5) is 14.6. The maximum Gasteiger partial charge on any atom is 0.256 e. The normalized spacial score (nSPS) is 27.0. The van der Waals surface area contributed by atoms with E-state index < -0.39 is 6.10 Å². The van der Waals surface area contributed by atoms with Crippen molar-refractivity contribution in [1.29, 1.82) is 0 Å². The van der Waals surface area contributed by atoms with Gasteiger partial charge in [0.05, 0.1) is 19.3 Å². The van der Waals surface area contributed by atoms with Crippen LogP contribution in [0.2, 0.25) is 0 Å². The van der Waals surface area contributed by atoms with E-state index in [4.69, 9.17) is 15.2 Å². The molecule has 2 heterocycles. The van der Waals surface area contributed by atoms with Gasteiger partial charge < -0.3 is 20.1 Å². The van der Waals surface area contributed by atoms with Crippen LogP contribution in [0.25, 0.3) is 0 Å². The van der Waals surface area contributed by atoms with E-state index in [1.165, 1.54) is 5.56 Å². The van der Waals surface area contributed by atoms with Gasteiger partial charge >= 0.3 is 0 Å². The number of fused-ring (bicyclic) bond motifs is 1. The van der Waals surface area contributed by atoms with Gasteiger partial charge in [0, 0.05) is 19.1 Å². The second-order valence-corrected chi connectivity index (χ2v) is 5.75. The van der Waals surface area contributed by atoms with Crippen LogP contribution in [0.1, 0.15) is 24.2 Å². The van der Waals surface area contributed by atoms with E-state index in [0.29, 0.717) is 26.3 Å². The monoisotopic (exact) mass is 290 g/mol. The average molecular weight is 290 g/mol. The van der Waals surface area contributed by atoms with Crippen molar-refractivity contribution >= 4 is 5.91 Å². The number of hydrogen-bond donors (Lipinski definition) is 1. The number of amides is 1. The smallest absolute Gasteiger partial charge is 0.256 e. The lowest BCUT2D eigenvalue weighted by molar-refractivity contribution is -0.153. The lowest BCUT2D eigenvalue weighted by Gasteiger charge is -2.37. The summed E-state index contributed by atoms with van der Waals surface area (Å²) in [5, 5.41) is 0. The predicted molar refractivity (Wildman–Crippen MR) is 78.8 cm³/mol. The maximum absolute atomic E-state index is 12.8. The Morgan fingerprint density at radius 1 is 1.33 bits per heavy atom. The topological polar surface area (TPSA) is 64.8 Å². The molecule has 21 heavy (non-hydrogen) atoms. The maximum atomic E-state index is 12.8. The molecule has 2 aliphatic heterocycles. The molecular formula is C16H22N2O3. The minimum absolute atomic E-state index is 0.0242. The summed E-state index contributed by atoms with van der Waals surface area (Å²) < 4.78 is 11.4. The van der Waals surface area contributed by atoms with E-state index in [-0.39, 0.29) is 18.1 Å². The van der Waals surface area contributed by atoms with Gasteiger partial charge in [0.2, 0.25) is 0 Å². The van der Waals surface area contributed by atoms with E-state index >= 15 is 0 Å². The number of nitrogens with two attached hydrogens (primary N) is 1. The number of rotatable bonds is 2. The van der Waals surface area contributed by atoms with E-state index in [0.717, 1.165) is 12.0 Å². The summed E-state index contributed by atoms with van der Waals surface area (Å²) in [6.07, 6.45) is 0.286. The number of carbonyl (C=O) groups excluding carboxylic acids is 1. The highest BCUT2D eigenvalue weighted by Gasteiger charge is 2.34. The molecule has 3 rings (SSSR count). The number of benzene rings is 1. The Balaban J connectivity index is 1.77. The standard InChI is InChI=1S/C16H22N2O3/c1-11(17)14-10-18(7-9-20-14)16(19)15-13-5-3-2-4-12(13)6-8-21-15/h2-5,11,14-15H,6-10,17H2,1H3. The third-order valence-corrected chi connectivity index (χ3v) is 4.21. The SMILES string of the molecule is CC(N)C1CN(C(=O)C2OCCc3ccccc32)CCO1. The summed E-state index contributed by atoms with van der Waals surface area (Å²) >= 11 is 0. The first-order chi connectivity index (χ1) is 10.2. The van der Waals surface area contributed by atoms with Crippen LogP contribution in [-0.4, -0.2) is 49.3 Å². The summed E-state index contributed by atoms with van der Waals surface area (Å²) in [6.45, 7) is 4.18. The van der Waals surface area contributed by atoms with Gasteiger partial charge in [0.25, 0.3) is 5.91 Å². The molecular weight excluding hydrogens is 268 g/mol. The molecule has 3 unspecified atom stereocenters. The Bertz CT molecular complexity index is 518. The Morgan fingerprint density at radius 2 is 2.14 bits per heavy atom. The van der Waals surface area contributed by atoms with Gasteiger partial charge in [-0.05, 0) is 24.5 Å². The molecule has 0 saturated carbocycles. The zero-order chi connectivity index (χ0) is 14.8. The van der Waals surface area contributed by atoms with Crippen LogP contribution < -0.4 is 5.73 Å². The van der Waals surface area contributed by atoms with Crippen molar-refractivity contribution in [1.82, 2.24) is 4.90 Å². The van der Waals surface area contributed by atoms with E-state index in [9.17, 15) is 4.79 Å². The minimum Gasteiger partial charge on any atom is -0.373 e. The first-order valence-electron chi connectivity index (χ1n) is 7.52. The molecule has 0 radical (unpaired) electrons. The summed E-state index contributed by atoms with van der Waals surface area (Å²) in [5.41, 5.74) is 8.10. The molecule has 1 saturated heterocycles. The van der Waals surface area contributed by atoms with Crippen molar-refractivity contribution in [3.05, 3.63) is 35.4 Å². The molecule has 1 amide bonds. The molecule has 0 spiro atoms. The molecule has 1 aromatic carbocycles. The lowest BCUT2D eigenvalue weighted by Crippen LogP contribution is -2.52. The van der Waals surface area contributed by atoms with Crippen molar-refractivity contribution in [3.8, 4) is 0 Å². The van der Waals surface area contributed by atoms with Crippen LogP contribution in [0, 0.1) is 0 Å². The molecule has 5 heteroatoms. The second-order valence-electron chi connectivity index (χ2n) is 5.75. The van der Waals surface area contributed by atoms with E-state index in [1.54, 1.807) is 0 Å². The highest BCUT2D eigenvalue weighted by molar-refractivity contribution is 5.83. The number of morpholine rings is 1. The van der Waals surface area contributed by atoms with Gasteiger partial charge in [-0.2, -0.15) is 0 Å². The van der Waals surface area contributed by atoms with Crippen LogP contribution in [0.15, 0.2) is 24.3 Å². The van der Waals surface area contributed by atoms with E-state index in [2.05, 4.69) is 6.07 Å².